The number of benzene rings is 1. The van der Waals surface area contributed by atoms with Crippen LogP contribution in [0.3, 0.4) is 0 Å². The number of nitrogens with two attached hydrogens (primary N) is 2. The lowest BCUT2D eigenvalue weighted by Gasteiger charge is -2.32. The number of aliphatic hydroxyl groups excluding tert-OH is 1. The molecule has 5 heteroatoms. The van der Waals surface area contributed by atoms with Gasteiger partial charge in [-0.1, -0.05) is 0 Å². The second kappa shape index (κ2) is 5.27. The number of anilines is 2. The fourth-order valence-electron chi connectivity index (χ4n) is 2.38. The van der Waals surface area contributed by atoms with Gasteiger partial charge in [0.2, 0.25) is 0 Å². The zero-order valence-electron chi connectivity index (χ0n) is 10.3. The largest absolute Gasteiger partial charge is 0.399 e. The maximum atomic E-state index is 12.3. The summed E-state index contributed by atoms with van der Waals surface area (Å²) in [4.78, 5) is 14.1. The first-order valence-electron chi connectivity index (χ1n) is 6.16. The summed E-state index contributed by atoms with van der Waals surface area (Å²) in [6.07, 6.45) is 1.90. The van der Waals surface area contributed by atoms with Crippen LogP contribution < -0.4 is 11.5 Å². The van der Waals surface area contributed by atoms with Gasteiger partial charge in [-0.05, 0) is 37.0 Å². The van der Waals surface area contributed by atoms with E-state index in [1.165, 1.54) is 0 Å². The number of aliphatic hydroxyl groups is 1. The van der Waals surface area contributed by atoms with Crippen molar-refractivity contribution in [2.24, 2.45) is 5.92 Å². The lowest BCUT2D eigenvalue weighted by Crippen LogP contribution is -2.41. The highest BCUT2D eigenvalue weighted by Crippen LogP contribution is 2.20. The highest BCUT2D eigenvalue weighted by atomic mass is 16.3. The van der Waals surface area contributed by atoms with E-state index in [4.69, 9.17) is 11.5 Å². The first kappa shape index (κ1) is 12.7. The van der Waals surface area contributed by atoms with Gasteiger partial charge >= 0.3 is 0 Å². The van der Waals surface area contributed by atoms with Gasteiger partial charge in [-0.15, -0.1) is 0 Å². The van der Waals surface area contributed by atoms with E-state index in [9.17, 15) is 9.90 Å². The normalized spacial score (nSPS) is 19.8. The standard InChI is InChI=1S/C13H19N3O2/c14-11-4-10(5-12(15)6-11)13(18)16-3-1-2-9(7-16)8-17/h4-6,9,17H,1-3,7-8,14-15H2. The van der Waals surface area contributed by atoms with E-state index in [-0.39, 0.29) is 18.4 Å². The Bertz CT molecular complexity index is 428. The summed E-state index contributed by atoms with van der Waals surface area (Å²) < 4.78 is 0. The van der Waals surface area contributed by atoms with E-state index in [0.717, 1.165) is 19.4 Å². The number of hydrogen-bond acceptors (Lipinski definition) is 4. The quantitative estimate of drug-likeness (QED) is 0.672. The Morgan fingerprint density at radius 3 is 2.61 bits per heavy atom. The molecule has 1 aliphatic rings. The predicted octanol–water partition coefficient (Wildman–Crippen LogP) is 0.695. The third kappa shape index (κ3) is 2.73. The molecule has 1 aromatic rings. The van der Waals surface area contributed by atoms with Crippen LogP contribution in [0.2, 0.25) is 0 Å². The highest BCUT2D eigenvalue weighted by Gasteiger charge is 2.24. The summed E-state index contributed by atoms with van der Waals surface area (Å²) in [5.74, 6) is 0.119. The van der Waals surface area contributed by atoms with E-state index in [1.54, 1.807) is 23.1 Å². The highest BCUT2D eigenvalue weighted by molar-refractivity contribution is 5.96. The van der Waals surface area contributed by atoms with Crippen LogP contribution in [0.25, 0.3) is 0 Å². The fourth-order valence-corrected chi connectivity index (χ4v) is 2.38. The van der Waals surface area contributed by atoms with Gasteiger partial charge in [-0.25, -0.2) is 0 Å². The molecule has 5 nitrogen and oxygen atoms in total. The van der Waals surface area contributed by atoms with Crippen LogP contribution in [0.1, 0.15) is 23.2 Å². The molecular weight excluding hydrogens is 230 g/mol. The van der Waals surface area contributed by atoms with E-state index in [0.29, 0.717) is 23.5 Å². The number of hydrogen-bond donors (Lipinski definition) is 3. The first-order chi connectivity index (χ1) is 8.60. The second-order valence-electron chi connectivity index (χ2n) is 4.83. The Labute approximate surface area is 106 Å². The lowest BCUT2D eigenvalue weighted by molar-refractivity contribution is 0.0621. The maximum Gasteiger partial charge on any atom is 0.254 e. The lowest BCUT2D eigenvalue weighted by atomic mass is 9.98. The molecule has 0 saturated carbocycles. The molecule has 1 aromatic carbocycles. The second-order valence-corrected chi connectivity index (χ2v) is 4.83. The summed E-state index contributed by atoms with van der Waals surface area (Å²) in [5, 5.41) is 9.17. The Morgan fingerprint density at radius 1 is 1.33 bits per heavy atom. The van der Waals surface area contributed by atoms with Crippen molar-refractivity contribution in [1.29, 1.82) is 0 Å². The first-order valence-corrected chi connectivity index (χ1v) is 6.16. The summed E-state index contributed by atoms with van der Waals surface area (Å²) in [6, 6.07) is 4.91. The van der Waals surface area contributed by atoms with Crippen molar-refractivity contribution in [3.63, 3.8) is 0 Å². The van der Waals surface area contributed by atoms with E-state index in [1.807, 2.05) is 0 Å². The molecule has 1 aliphatic heterocycles. The Balaban J connectivity index is 2.15. The minimum absolute atomic E-state index is 0.0628. The van der Waals surface area contributed by atoms with E-state index in [2.05, 4.69) is 0 Å². The third-order valence-corrected chi connectivity index (χ3v) is 3.29. The van der Waals surface area contributed by atoms with Crippen LogP contribution in [-0.2, 0) is 0 Å². The average Bonchev–Trinajstić information content (AvgIpc) is 2.37. The number of piperidine rings is 1. The average molecular weight is 249 g/mol. The third-order valence-electron chi connectivity index (χ3n) is 3.29. The number of likely N-dealkylation sites (tertiary alicyclic amines) is 1. The summed E-state index contributed by atoms with van der Waals surface area (Å²) in [6.45, 7) is 1.46. The van der Waals surface area contributed by atoms with Gasteiger partial charge in [-0.3, -0.25) is 4.79 Å². The molecule has 2 rings (SSSR count). The molecular formula is C13H19N3O2. The molecule has 1 heterocycles. The molecule has 1 fully saturated rings. The fraction of sp³-hybridized carbons (Fsp3) is 0.462. The summed E-state index contributed by atoms with van der Waals surface area (Å²) in [5.41, 5.74) is 12.9. The van der Waals surface area contributed by atoms with Gasteiger partial charge in [0.05, 0.1) is 0 Å². The monoisotopic (exact) mass is 249 g/mol. The summed E-state index contributed by atoms with van der Waals surface area (Å²) >= 11 is 0. The van der Waals surface area contributed by atoms with Crippen LogP contribution >= 0.6 is 0 Å². The van der Waals surface area contributed by atoms with Crippen molar-refractivity contribution in [3.8, 4) is 0 Å². The minimum atomic E-state index is -0.0628. The predicted molar refractivity (Wildman–Crippen MR) is 71.0 cm³/mol. The van der Waals surface area contributed by atoms with Gasteiger partial charge in [0.25, 0.3) is 5.91 Å². The molecule has 18 heavy (non-hydrogen) atoms. The van der Waals surface area contributed by atoms with Crippen molar-refractivity contribution in [3.05, 3.63) is 23.8 Å². The van der Waals surface area contributed by atoms with Crippen molar-refractivity contribution in [2.75, 3.05) is 31.2 Å². The molecule has 0 aromatic heterocycles. The minimum Gasteiger partial charge on any atom is -0.399 e. The van der Waals surface area contributed by atoms with E-state index >= 15 is 0 Å². The zero-order chi connectivity index (χ0) is 13.1. The smallest absolute Gasteiger partial charge is 0.254 e. The van der Waals surface area contributed by atoms with Crippen LogP contribution in [-0.4, -0.2) is 35.6 Å². The van der Waals surface area contributed by atoms with Crippen LogP contribution in [0, 0.1) is 5.92 Å². The molecule has 0 spiro atoms. The van der Waals surface area contributed by atoms with Gasteiger partial charge in [0.15, 0.2) is 0 Å². The van der Waals surface area contributed by atoms with Crippen molar-refractivity contribution in [1.82, 2.24) is 4.90 Å². The molecule has 1 unspecified atom stereocenters. The number of rotatable bonds is 2. The molecule has 5 N–H and O–H groups in total. The van der Waals surface area contributed by atoms with Gasteiger partial charge < -0.3 is 21.5 Å². The number of nitrogens with zero attached hydrogens (tertiary/aromatic N) is 1. The number of carbonyl (C=O) groups excluding carboxylic acids is 1. The Kier molecular flexibility index (Phi) is 3.72. The molecule has 1 amide bonds. The molecule has 98 valence electrons. The van der Waals surface area contributed by atoms with Gasteiger partial charge in [0.1, 0.15) is 0 Å². The topological polar surface area (TPSA) is 92.6 Å². The Morgan fingerprint density at radius 2 is 2.00 bits per heavy atom. The number of carbonyl (C=O) groups is 1. The molecule has 0 aliphatic carbocycles. The van der Waals surface area contributed by atoms with Crippen molar-refractivity contribution >= 4 is 17.3 Å². The van der Waals surface area contributed by atoms with Crippen LogP contribution in [0.4, 0.5) is 11.4 Å². The van der Waals surface area contributed by atoms with E-state index < -0.39 is 0 Å². The summed E-state index contributed by atoms with van der Waals surface area (Å²) in [7, 11) is 0. The number of amides is 1. The molecule has 1 atom stereocenters. The van der Waals surface area contributed by atoms with Crippen molar-refractivity contribution < 1.29 is 9.90 Å². The Hall–Kier alpha value is -1.75. The van der Waals surface area contributed by atoms with Gasteiger partial charge in [0, 0.05) is 36.6 Å². The van der Waals surface area contributed by atoms with Crippen LogP contribution in [0.15, 0.2) is 18.2 Å². The SMILES string of the molecule is Nc1cc(N)cc(C(=O)N2CCCC(CO)C2)c1. The van der Waals surface area contributed by atoms with Crippen molar-refractivity contribution in [2.45, 2.75) is 12.8 Å². The number of nitrogen functional groups attached to an aromatic ring is 2. The molecule has 0 radical (unpaired) electrons. The van der Waals surface area contributed by atoms with Gasteiger partial charge in [-0.2, -0.15) is 0 Å². The molecule has 0 bridgehead atoms. The maximum absolute atomic E-state index is 12.3. The van der Waals surface area contributed by atoms with Crippen LogP contribution in [0.5, 0.6) is 0 Å². The molecule has 1 saturated heterocycles. The zero-order valence-corrected chi connectivity index (χ0v) is 10.3.